The first-order chi connectivity index (χ1) is 10.6. The fourth-order valence-corrected chi connectivity index (χ4v) is 2.62. The van der Waals surface area contributed by atoms with E-state index in [0.29, 0.717) is 18.7 Å². The van der Waals surface area contributed by atoms with Crippen molar-refractivity contribution in [3.63, 3.8) is 0 Å². The van der Waals surface area contributed by atoms with Gasteiger partial charge in [0, 0.05) is 18.4 Å². The van der Waals surface area contributed by atoms with E-state index in [1.165, 1.54) is 0 Å². The number of ether oxygens (including phenoxy) is 1. The van der Waals surface area contributed by atoms with Gasteiger partial charge in [0.2, 0.25) is 5.91 Å². The molecule has 0 bridgehead atoms. The molecule has 118 valence electrons. The molecule has 2 aromatic rings. The van der Waals surface area contributed by atoms with Gasteiger partial charge in [-0.25, -0.2) is 0 Å². The second-order valence-corrected chi connectivity index (χ2v) is 5.66. The number of carbonyl (C=O) groups is 1. The Hall–Kier alpha value is -2.06. The molecule has 8 heteroatoms. The van der Waals surface area contributed by atoms with E-state index in [4.69, 9.17) is 16.2 Å². The molecule has 0 saturated heterocycles. The molecule has 0 atom stereocenters. The first-order valence-corrected chi connectivity index (χ1v) is 7.84. The van der Waals surface area contributed by atoms with Crippen LogP contribution in [-0.2, 0) is 13.6 Å². The van der Waals surface area contributed by atoms with Crippen LogP contribution >= 0.6 is 11.8 Å². The van der Waals surface area contributed by atoms with Crippen molar-refractivity contribution in [2.75, 3.05) is 12.4 Å². The van der Waals surface area contributed by atoms with Crippen molar-refractivity contribution in [1.29, 1.82) is 0 Å². The molecule has 1 amide bonds. The van der Waals surface area contributed by atoms with Gasteiger partial charge in [0.25, 0.3) is 0 Å². The maximum atomic E-state index is 11.0. The van der Waals surface area contributed by atoms with Gasteiger partial charge in [0.15, 0.2) is 5.16 Å². The Morgan fingerprint density at radius 1 is 1.32 bits per heavy atom. The first-order valence-electron chi connectivity index (χ1n) is 6.85. The highest BCUT2D eigenvalue weighted by Gasteiger charge is 2.07. The molecule has 0 fully saturated rings. The zero-order valence-corrected chi connectivity index (χ0v) is 13.2. The van der Waals surface area contributed by atoms with E-state index in [1.807, 2.05) is 11.6 Å². The van der Waals surface area contributed by atoms with Crippen LogP contribution in [0.25, 0.3) is 0 Å². The molecule has 0 unspecified atom stereocenters. The molecule has 4 N–H and O–H groups in total. The minimum absolute atomic E-state index is 0.383. The monoisotopic (exact) mass is 321 g/mol. The molecule has 0 radical (unpaired) electrons. The Bertz CT molecular complexity index is 627. The highest BCUT2D eigenvalue weighted by Crippen LogP contribution is 2.17. The van der Waals surface area contributed by atoms with Gasteiger partial charge in [0.05, 0.1) is 13.2 Å². The number of thioether (sulfide) groups is 1. The minimum atomic E-state index is -0.441. The quantitative estimate of drug-likeness (QED) is 0.553. The van der Waals surface area contributed by atoms with E-state index in [1.54, 1.807) is 36.0 Å². The SMILES string of the molecule is Cn1c(CN)nnc1SCCCOc1ccc(C(N)=O)cc1. The fourth-order valence-electron chi connectivity index (χ4n) is 1.78. The molecule has 0 saturated carbocycles. The van der Waals surface area contributed by atoms with Crippen LogP contribution in [0.1, 0.15) is 22.6 Å². The number of primary amides is 1. The summed E-state index contributed by atoms with van der Waals surface area (Å²) in [6.45, 7) is 0.971. The number of benzene rings is 1. The van der Waals surface area contributed by atoms with Crippen LogP contribution in [0.2, 0.25) is 0 Å². The predicted octanol–water partition coefficient (Wildman–Crippen LogP) is 0.934. The van der Waals surface area contributed by atoms with Crippen molar-refractivity contribution in [1.82, 2.24) is 14.8 Å². The van der Waals surface area contributed by atoms with E-state index in [-0.39, 0.29) is 0 Å². The van der Waals surface area contributed by atoms with Gasteiger partial charge in [-0.1, -0.05) is 11.8 Å². The maximum Gasteiger partial charge on any atom is 0.248 e. The second-order valence-electron chi connectivity index (χ2n) is 4.60. The average molecular weight is 321 g/mol. The maximum absolute atomic E-state index is 11.0. The third-order valence-electron chi connectivity index (χ3n) is 3.04. The van der Waals surface area contributed by atoms with E-state index in [9.17, 15) is 4.79 Å². The lowest BCUT2D eigenvalue weighted by Gasteiger charge is -2.06. The number of hydrogen-bond donors (Lipinski definition) is 2. The van der Waals surface area contributed by atoms with Crippen molar-refractivity contribution < 1.29 is 9.53 Å². The second kappa shape index (κ2) is 7.81. The zero-order valence-electron chi connectivity index (χ0n) is 12.4. The standard InChI is InChI=1S/C14H19N5O2S/c1-19-12(9-15)17-18-14(19)22-8-2-7-21-11-5-3-10(4-6-11)13(16)20/h3-6H,2,7-9,15H2,1H3,(H2,16,20). The molecule has 1 aromatic carbocycles. The van der Waals surface area contributed by atoms with Crippen LogP contribution in [0.5, 0.6) is 5.75 Å². The minimum Gasteiger partial charge on any atom is -0.494 e. The van der Waals surface area contributed by atoms with Crippen molar-refractivity contribution in [2.45, 2.75) is 18.1 Å². The van der Waals surface area contributed by atoms with Gasteiger partial charge in [-0.2, -0.15) is 0 Å². The molecule has 7 nitrogen and oxygen atoms in total. The van der Waals surface area contributed by atoms with Gasteiger partial charge in [0.1, 0.15) is 11.6 Å². The normalized spacial score (nSPS) is 10.6. The number of amides is 1. The van der Waals surface area contributed by atoms with Gasteiger partial charge >= 0.3 is 0 Å². The molecule has 0 spiro atoms. The number of nitrogens with two attached hydrogens (primary N) is 2. The van der Waals surface area contributed by atoms with E-state index >= 15 is 0 Å². The molecule has 22 heavy (non-hydrogen) atoms. The molecular formula is C14H19N5O2S. The fraction of sp³-hybridized carbons (Fsp3) is 0.357. The topological polar surface area (TPSA) is 109 Å². The van der Waals surface area contributed by atoms with Crippen molar-refractivity contribution in [2.24, 2.45) is 18.5 Å². The largest absolute Gasteiger partial charge is 0.494 e. The average Bonchev–Trinajstić information content (AvgIpc) is 2.88. The van der Waals surface area contributed by atoms with Gasteiger partial charge in [-0.15, -0.1) is 10.2 Å². The van der Waals surface area contributed by atoms with Crippen LogP contribution in [0.3, 0.4) is 0 Å². The summed E-state index contributed by atoms with van der Waals surface area (Å²) in [7, 11) is 1.90. The van der Waals surface area contributed by atoms with Crippen LogP contribution < -0.4 is 16.2 Å². The first kappa shape index (κ1) is 16.3. The van der Waals surface area contributed by atoms with E-state index < -0.39 is 5.91 Å². The Kier molecular flexibility index (Phi) is 5.79. The van der Waals surface area contributed by atoms with Crippen molar-refractivity contribution >= 4 is 17.7 Å². The number of carbonyl (C=O) groups excluding carboxylic acids is 1. The Morgan fingerprint density at radius 3 is 2.64 bits per heavy atom. The highest BCUT2D eigenvalue weighted by atomic mass is 32.2. The molecule has 2 rings (SSSR count). The molecule has 0 aliphatic carbocycles. The summed E-state index contributed by atoms with van der Waals surface area (Å²) in [5.74, 6) is 1.92. The van der Waals surface area contributed by atoms with Gasteiger partial charge < -0.3 is 20.8 Å². The summed E-state index contributed by atoms with van der Waals surface area (Å²) in [6, 6.07) is 6.79. The Labute approximate surface area is 133 Å². The summed E-state index contributed by atoms with van der Waals surface area (Å²) in [5.41, 5.74) is 11.2. The van der Waals surface area contributed by atoms with Crippen LogP contribution in [0.4, 0.5) is 0 Å². The zero-order chi connectivity index (χ0) is 15.9. The molecular weight excluding hydrogens is 302 g/mol. The highest BCUT2D eigenvalue weighted by molar-refractivity contribution is 7.99. The number of aromatic nitrogens is 3. The molecule has 0 aliphatic rings. The Balaban J connectivity index is 1.70. The van der Waals surface area contributed by atoms with Crippen molar-refractivity contribution in [3.05, 3.63) is 35.7 Å². The summed E-state index contributed by atoms with van der Waals surface area (Å²) in [6.07, 6.45) is 0.868. The molecule has 0 aliphatic heterocycles. The van der Waals surface area contributed by atoms with Crippen LogP contribution in [0.15, 0.2) is 29.4 Å². The lowest BCUT2D eigenvalue weighted by atomic mass is 10.2. The third-order valence-corrected chi connectivity index (χ3v) is 4.14. The van der Waals surface area contributed by atoms with Gasteiger partial charge in [-0.05, 0) is 30.7 Å². The summed E-state index contributed by atoms with van der Waals surface area (Å²) in [5, 5.41) is 8.93. The van der Waals surface area contributed by atoms with E-state index in [2.05, 4.69) is 10.2 Å². The van der Waals surface area contributed by atoms with Crippen molar-refractivity contribution in [3.8, 4) is 5.75 Å². The molecule has 1 aromatic heterocycles. The number of rotatable bonds is 8. The third kappa shape index (κ3) is 4.22. The van der Waals surface area contributed by atoms with Gasteiger partial charge in [-0.3, -0.25) is 4.79 Å². The summed E-state index contributed by atoms with van der Waals surface area (Å²) >= 11 is 1.62. The predicted molar refractivity (Wildman–Crippen MR) is 84.7 cm³/mol. The number of nitrogens with zero attached hydrogens (tertiary/aromatic N) is 3. The lowest BCUT2D eigenvalue weighted by Crippen LogP contribution is -2.10. The van der Waals surface area contributed by atoms with Crippen LogP contribution in [-0.4, -0.2) is 33.0 Å². The van der Waals surface area contributed by atoms with Crippen LogP contribution in [0, 0.1) is 0 Å². The molecule has 1 heterocycles. The lowest BCUT2D eigenvalue weighted by molar-refractivity contribution is 0.100. The smallest absolute Gasteiger partial charge is 0.248 e. The summed E-state index contributed by atoms with van der Waals surface area (Å²) in [4.78, 5) is 11.0. The summed E-state index contributed by atoms with van der Waals surface area (Å²) < 4.78 is 7.50. The van der Waals surface area contributed by atoms with E-state index in [0.717, 1.165) is 28.9 Å². The Morgan fingerprint density at radius 2 is 2.05 bits per heavy atom. The number of hydrogen-bond acceptors (Lipinski definition) is 6.